The van der Waals surface area contributed by atoms with Crippen molar-refractivity contribution in [3.63, 3.8) is 0 Å². The monoisotopic (exact) mass is 169 g/mol. The minimum Gasteiger partial charge on any atom is -0.369 e. The quantitative estimate of drug-likeness (QED) is 0.681. The summed E-state index contributed by atoms with van der Waals surface area (Å²) in [7, 11) is 0. The first kappa shape index (κ1) is 9.26. The Kier molecular flexibility index (Phi) is 2.52. The average molecular weight is 169 g/mol. The third-order valence-electron chi connectivity index (χ3n) is 1.33. The zero-order chi connectivity index (χ0) is 9.19. The summed E-state index contributed by atoms with van der Waals surface area (Å²) >= 11 is 0. The van der Waals surface area contributed by atoms with E-state index in [2.05, 4.69) is 5.16 Å². The molecule has 0 fully saturated rings. The molecule has 3 nitrogen and oxygen atoms in total. The van der Waals surface area contributed by atoms with Crippen LogP contribution >= 0.6 is 0 Å². The second-order valence-corrected chi connectivity index (χ2v) is 3.83. The van der Waals surface area contributed by atoms with Gasteiger partial charge >= 0.3 is 0 Å². The van der Waals surface area contributed by atoms with E-state index in [1.165, 1.54) is 0 Å². The van der Waals surface area contributed by atoms with Crippen molar-refractivity contribution in [3.05, 3.63) is 17.5 Å². The van der Waals surface area contributed by atoms with Gasteiger partial charge < -0.3 is 9.26 Å². The Labute approximate surface area is 72.7 Å². The maximum absolute atomic E-state index is 5.51. The van der Waals surface area contributed by atoms with Crippen LogP contribution in [0, 0.1) is 6.92 Å². The van der Waals surface area contributed by atoms with Crippen molar-refractivity contribution in [3.8, 4) is 0 Å². The molecular weight excluding hydrogens is 154 g/mol. The fourth-order valence-corrected chi connectivity index (χ4v) is 0.776. The first-order valence-corrected chi connectivity index (χ1v) is 4.03. The maximum atomic E-state index is 5.51. The van der Waals surface area contributed by atoms with Crippen molar-refractivity contribution in [2.75, 3.05) is 0 Å². The highest BCUT2D eigenvalue weighted by Crippen LogP contribution is 2.11. The van der Waals surface area contributed by atoms with E-state index in [1.807, 2.05) is 33.8 Å². The lowest BCUT2D eigenvalue weighted by Gasteiger charge is -2.18. The number of nitrogens with zero attached hydrogens (tertiary/aromatic N) is 1. The molecule has 68 valence electrons. The summed E-state index contributed by atoms with van der Waals surface area (Å²) in [5, 5.41) is 3.82. The van der Waals surface area contributed by atoms with Crippen molar-refractivity contribution in [1.29, 1.82) is 0 Å². The van der Waals surface area contributed by atoms with Gasteiger partial charge in [-0.2, -0.15) is 0 Å². The molecule has 0 aromatic carbocycles. The minimum absolute atomic E-state index is 0.118. The standard InChI is InChI=1S/C9H15NO2/c1-7-5-8(10-12-7)6-11-9(2,3)4/h5H,6H2,1-4H3. The lowest BCUT2D eigenvalue weighted by molar-refractivity contribution is -0.0174. The van der Waals surface area contributed by atoms with Crippen LogP contribution in [0.25, 0.3) is 0 Å². The minimum atomic E-state index is -0.118. The molecule has 3 heteroatoms. The van der Waals surface area contributed by atoms with Gasteiger partial charge in [0.25, 0.3) is 0 Å². The highest BCUT2D eigenvalue weighted by Gasteiger charge is 2.11. The van der Waals surface area contributed by atoms with E-state index in [1.54, 1.807) is 0 Å². The summed E-state index contributed by atoms with van der Waals surface area (Å²) < 4.78 is 10.4. The third-order valence-corrected chi connectivity index (χ3v) is 1.33. The molecule has 1 aromatic rings. The third kappa shape index (κ3) is 3.05. The Morgan fingerprint density at radius 3 is 2.58 bits per heavy atom. The molecule has 0 aliphatic carbocycles. The van der Waals surface area contributed by atoms with Crippen molar-refractivity contribution in [2.45, 2.75) is 39.9 Å². The van der Waals surface area contributed by atoms with Crippen molar-refractivity contribution in [2.24, 2.45) is 0 Å². The van der Waals surface area contributed by atoms with Gasteiger partial charge in [-0.3, -0.25) is 0 Å². The molecule has 0 aliphatic heterocycles. The predicted molar refractivity (Wildman–Crippen MR) is 45.8 cm³/mol. The van der Waals surface area contributed by atoms with Gasteiger partial charge in [0.15, 0.2) is 0 Å². The topological polar surface area (TPSA) is 35.3 Å². The second kappa shape index (κ2) is 3.27. The molecule has 0 radical (unpaired) electrons. The first-order chi connectivity index (χ1) is 5.47. The van der Waals surface area contributed by atoms with Crippen LogP contribution in [0.1, 0.15) is 32.2 Å². The molecule has 0 spiro atoms. The zero-order valence-electron chi connectivity index (χ0n) is 8.05. The number of ether oxygens (including phenoxy) is 1. The Hall–Kier alpha value is -0.830. The number of rotatable bonds is 2. The van der Waals surface area contributed by atoms with Gasteiger partial charge in [-0.15, -0.1) is 0 Å². The number of aryl methyl sites for hydroxylation is 1. The molecular formula is C9H15NO2. The van der Waals surface area contributed by atoms with Gasteiger partial charge in [0.1, 0.15) is 11.5 Å². The van der Waals surface area contributed by atoms with E-state index in [9.17, 15) is 0 Å². The smallest absolute Gasteiger partial charge is 0.134 e. The Bertz CT molecular complexity index is 247. The Balaban J connectivity index is 2.44. The SMILES string of the molecule is Cc1cc(COC(C)(C)C)no1. The van der Waals surface area contributed by atoms with Crippen molar-refractivity contribution < 1.29 is 9.26 Å². The molecule has 1 heterocycles. The lowest BCUT2D eigenvalue weighted by Crippen LogP contribution is -2.18. The van der Waals surface area contributed by atoms with Gasteiger partial charge in [-0.25, -0.2) is 0 Å². The summed E-state index contributed by atoms with van der Waals surface area (Å²) in [6.45, 7) is 8.42. The van der Waals surface area contributed by atoms with E-state index in [0.29, 0.717) is 6.61 Å². The molecule has 0 saturated carbocycles. The first-order valence-electron chi connectivity index (χ1n) is 4.03. The van der Waals surface area contributed by atoms with Gasteiger partial charge in [-0.05, 0) is 27.7 Å². The summed E-state index contributed by atoms with van der Waals surface area (Å²) in [5.41, 5.74) is 0.731. The molecule has 0 atom stereocenters. The largest absolute Gasteiger partial charge is 0.369 e. The molecule has 0 bridgehead atoms. The molecule has 0 saturated heterocycles. The van der Waals surface area contributed by atoms with Crippen molar-refractivity contribution >= 4 is 0 Å². The normalized spacial score (nSPS) is 12.0. The van der Waals surface area contributed by atoms with E-state index >= 15 is 0 Å². The van der Waals surface area contributed by atoms with E-state index in [-0.39, 0.29) is 5.60 Å². The molecule has 0 aliphatic rings. The van der Waals surface area contributed by atoms with Crippen LogP contribution in [0.2, 0.25) is 0 Å². The summed E-state index contributed by atoms with van der Waals surface area (Å²) in [6.07, 6.45) is 0. The Morgan fingerprint density at radius 1 is 1.50 bits per heavy atom. The summed E-state index contributed by atoms with van der Waals surface area (Å²) in [6, 6.07) is 1.88. The molecule has 0 amide bonds. The van der Waals surface area contributed by atoms with Gasteiger partial charge in [-0.1, -0.05) is 5.16 Å². The van der Waals surface area contributed by atoms with Crippen LogP contribution in [0.15, 0.2) is 10.6 Å². The highest BCUT2D eigenvalue weighted by molar-refractivity contribution is 5.01. The fourth-order valence-electron chi connectivity index (χ4n) is 0.776. The molecule has 0 unspecified atom stereocenters. The lowest BCUT2D eigenvalue weighted by atomic mass is 10.2. The number of aromatic nitrogens is 1. The van der Waals surface area contributed by atoms with Crippen LogP contribution in [-0.4, -0.2) is 10.8 Å². The van der Waals surface area contributed by atoms with Crippen LogP contribution in [0.4, 0.5) is 0 Å². The Morgan fingerprint density at radius 2 is 2.17 bits per heavy atom. The summed E-state index contributed by atoms with van der Waals surface area (Å²) in [5.74, 6) is 0.822. The van der Waals surface area contributed by atoms with Crippen molar-refractivity contribution in [1.82, 2.24) is 5.16 Å². The molecule has 1 rings (SSSR count). The second-order valence-electron chi connectivity index (χ2n) is 3.83. The molecule has 12 heavy (non-hydrogen) atoms. The highest BCUT2D eigenvalue weighted by atomic mass is 16.5. The maximum Gasteiger partial charge on any atom is 0.134 e. The van der Waals surface area contributed by atoms with Gasteiger partial charge in [0, 0.05) is 6.07 Å². The van der Waals surface area contributed by atoms with E-state index < -0.39 is 0 Å². The van der Waals surface area contributed by atoms with Crippen LogP contribution in [0.3, 0.4) is 0 Å². The molecule has 1 aromatic heterocycles. The summed E-state index contributed by atoms with van der Waals surface area (Å²) in [4.78, 5) is 0. The van der Waals surface area contributed by atoms with E-state index in [0.717, 1.165) is 11.5 Å². The van der Waals surface area contributed by atoms with Gasteiger partial charge in [0.05, 0.1) is 12.2 Å². The molecule has 0 N–H and O–H groups in total. The fraction of sp³-hybridized carbons (Fsp3) is 0.667. The number of hydrogen-bond donors (Lipinski definition) is 0. The van der Waals surface area contributed by atoms with Crippen LogP contribution in [-0.2, 0) is 11.3 Å². The van der Waals surface area contributed by atoms with Gasteiger partial charge in [0.2, 0.25) is 0 Å². The average Bonchev–Trinajstić information content (AvgIpc) is 2.30. The number of hydrogen-bond acceptors (Lipinski definition) is 3. The zero-order valence-corrected chi connectivity index (χ0v) is 8.05. The van der Waals surface area contributed by atoms with Crippen LogP contribution in [0.5, 0.6) is 0 Å². The van der Waals surface area contributed by atoms with Crippen LogP contribution < -0.4 is 0 Å². The van der Waals surface area contributed by atoms with E-state index in [4.69, 9.17) is 9.26 Å². The predicted octanol–water partition coefficient (Wildman–Crippen LogP) is 2.30.